The quantitative estimate of drug-likeness (QED) is 0.921. The van der Waals surface area contributed by atoms with Crippen LogP contribution >= 0.6 is 11.8 Å². The van der Waals surface area contributed by atoms with E-state index in [0.29, 0.717) is 12.2 Å². The molecule has 0 radical (unpaired) electrons. The Bertz CT molecular complexity index is 552. The first kappa shape index (κ1) is 14.4. The number of hydrogen-bond donors (Lipinski definition) is 1. The van der Waals surface area contributed by atoms with Crippen molar-refractivity contribution in [1.82, 2.24) is 0 Å². The van der Waals surface area contributed by atoms with Crippen molar-refractivity contribution in [1.29, 1.82) is 0 Å². The number of benzene rings is 1. The number of carbonyl (C=O) groups is 1. The van der Waals surface area contributed by atoms with E-state index in [9.17, 15) is 13.2 Å². The first-order valence-electron chi connectivity index (χ1n) is 6.13. The molecule has 1 saturated heterocycles. The highest BCUT2D eigenvalue weighted by Gasteiger charge is 2.28. The van der Waals surface area contributed by atoms with Crippen LogP contribution in [0.25, 0.3) is 0 Å². The fraction of sp³-hybridized carbons (Fsp3) is 0.462. The zero-order valence-corrected chi connectivity index (χ0v) is 12.4. The second kappa shape index (κ2) is 5.96. The third-order valence-corrected chi connectivity index (χ3v) is 6.26. The minimum atomic E-state index is -2.86. The van der Waals surface area contributed by atoms with Crippen LogP contribution in [0.5, 0.6) is 0 Å². The Kier molecular flexibility index (Phi) is 4.52. The monoisotopic (exact) mass is 299 g/mol. The summed E-state index contributed by atoms with van der Waals surface area (Å²) in [5, 5.41) is 2.87. The molecule has 19 heavy (non-hydrogen) atoms. The Balaban J connectivity index is 1.78. The van der Waals surface area contributed by atoms with Gasteiger partial charge in [-0.05, 0) is 25.5 Å². The van der Waals surface area contributed by atoms with Crippen LogP contribution in [-0.4, -0.2) is 36.8 Å². The van der Waals surface area contributed by atoms with Crippen LogP contribution in [0.2, 0.25) is 0 Å². The maximum atomic E-state index is 11.7. The van der Waals surface area contributed by atoms with Gasteiger partial charge in [-0.1, -0.05) is 17.7 Å². The van der Waals surface area contributed by atoms with Gasteiger partial charge in [0.15, 0.2) is 9.84 Å². The molecule has 1 aromatic carbocycles. The van der Waals surface area contributed by atoms with E-state index in [2.05, 4.69) is 5.32 Å². The standard InChI is InChI=1S/C13H17NO3S2/c1-10-2-4-11(5-3-10)14-13(15)8-18-12-6-7-19(16,17)9-12/h2-5,12H,6-9H2,1H3,(H,14,15)/t12-/m1/s1. The van der Waals surface area contributed by atoms with E-state index in [0.717, 1.165) is 11.3 Å². The number of nitrogens with one attached hydrogen (secondary N) is 1. The van der Waals surface area contributed by atoms with Gasteiger partial charge >= 0.3 is 0 Å². The molecule has 0 saturated carbocycles. The lowest BCUT2D eigenvalue weighted by Gasteiger charge is -2.08. The Morgan fingerprint density at radius 3 is 2.63 bits per heavy atom. The van der Waals surface area contributed by atoms with Crippen LogP contribution in [0, 0.1) is 6.92 Å². The number of rotatable bonds is 4. The van der Waals surface area contributed by atoms with Crippen LogP contribution in [0.1, 0.15) is 12.0 Å². The first-order chi connectivity index (χ1) is 8.94. The number of sulfone groups is 1. The highest BCUT2D eigenvalue weighted by Crippen LogP contribution is 2.24. The van der Waals surface area contributed by atoms with E-state index in [-0.39, 0.29) is 22.7 Å². The van der Waals surface area contributed by atoms with Gasteiger partial charge in [0.05, 0.1) is 17.3 Å². The second-order valence-electron chi connectivity index (χ2n) is 4.75. The third-order valence-electron chi connectivity index (χ3n) is 2.98. The largest absolute Gasteiger partial charge is 0.325 e. The Labute approximate surface area is 117 Å². The van der Waals surface area contributed by atoms with E-state index < -0.39 is 9.84 Å². The number of thioether (sulfide) groups is 1. The zero-order valence-electron chi connectivity index (χ0n) is 10.8. The summed E-state index contributed by atoms with van der Waals surface area (Å²) in [6.45, 7) is 1.99. The van der Waals surface area contributed by atoms with Crippen LogP contribution in [0.4, 0.5) is 5.69 Å². The summed E-state index contributed by atoms with van der Waals surface area (Å²) in [6.07, 6.45) is 0.658. The second-order valence-corrected chi connectivity index (χ2v) is 8.27. The molecule has 4 nitrogen and oxygen atoms in total. The van der Waals surface area contributed by atoms with Crippen molar-refractivity contribution in [2.45, 2.75) is 18.6 Å². The summed E-state index contributed by atoms with van der Waals surface area (Å²) in [4.78, 5) is 11.7. The fourth-order valence-electron chi connectivity index (χ4n) is 1.92. The number of amides is 1. The minimum Gasteiger partial charge on any atom is -0.325 e. The van der Waals surface area contributed by atoms with Gasteiger partial charge in [-0.3, -0.25) is 4.79 Å². The van der Waals surface area contributed by atoms with Crippen molar-refractivity contribution in [2.75, 3.05) is 22.6 Å². The predicted molar refractivity (Wildman–Crippen MR) is 79.3 cm³/mol. The molecule has 1 aromatic rings. The van der Waals surface area contributed by atoms with Gasteiger partial charge in [-0.2, -0.15) is 0 Å². The van der Waals surface area contributed by atoms with Crippen molar-refractivity contribution < 1.29 is 13.2 Å². The summed E-state index contributed by atoms with van der Waals surface area (Å²) < 4.78 is 22.6. The SMILES string of the molecule is Cc1ccc(NC(=O)CS[C@@H]2CCS(=O)(=O)C2)cc1. The average molecular weight is 299 g/mol. The molecule has 2 rings (SSSR count). The molecule has 0 bridgehead atoms. The molecule has 1 aliphatic rings. The van der Waals surface area contributed by atoms with Crippen LogP contribution in [0.3, 0.4) is 0 Å². The van der Waals surface area contributed by atoms with E-state index in [1.807, 2.05) is 31.2 Å². The molecular weight excluding hydrogens is 282 g/mol. The van der Waals surface area contributed by atoms with Crippen molar-refractivity contribution in [2.24, 2.45) is 0 Å². The average Bonchev–Trinajstić information content (AvgIpc) is 2.69. The lowest BCUT2D eigenvalue weighted by molar-refractivity contribution is -0.113. The van der Waals surface area contributed by atoms with Crippen LogP contribution < -0.4 is 5.32 Å². The number of anilines is 1. The Morgan fingerprint density at radius 2 is 2.05 bits per heavy atom. The zero-order chi connectivity index (χ0) is 13.9. The lowest BCUT2D eigenvalue weighted by atomic mass is 10.2. The normalized spacial score (nSPS) is 21.2. The number of aryl methyl sites for hydroxylation is 1. The molecule has 0 aliphatic carbocycles. The van der Waals surface area contributed by atoms with Crippen molar-refractivity contribution >= 4 is 33.2 Å². The molecule has 1 atom stereocenters. The molecule has 0 spiro atoms. The highest BCUT2D eigenvalue weighted by atomic mass is 32.2. The number of hydrogen-bond acceptors (Lipinski definition) is 4. The summed E-state index contributed by atoms with van der Waals surface area (Å²) in [5.74, 6) is 0.673. The molecule has 0 aromatic heterocycles. The van der Waals surface area contributed by atoms with Crippen molar-refractivity contribution in [3.05, 3.63) is 29.8 Å². The van der Waals surface area contributed by atoms with Gasteiger partial charge in [-0.15, -0.1) is 11.8 Å². The third kappa shape index (κ3) is 4.54. The highest BCUT2D eigenvalue weighted by molar-refractivity contribution is 8.02. The lowest BCUT2D eigenvalue weighted by Crippen LogP contribution is -2.17. The van der Waals surface area contributed by atoms with Crippen LogP contribution in [-0.2, 0) is 14.6 Å². The summed E-state index contributed by atoms with van der Waals surface area (Å²) >= 11 is 1.43. The Hall–Kier alpha value is -1.01. The van der Waals surface area contributed by atoms with E-state index in [4.69, 9.17) is 0 Å². The van der Waals surface area contributed by atoms with E-state index in [1.165, 1.54) is 11.8 Å². The first-order valence-corrected chi connectivity index (χ1v) is 9.00. The fourth-order valence-corrected chi connectivity index (χ4v) is 5.36. The molecule has 0 unspecified atom stereocenters. The molecule has 1 fully saturated rings. The molecule has 1 amide bonds. The molecule has 1 aliphatic heterocycles. The predicted octanol–water partition coefficient (Wildman–Crippen LogP) is 1.85. The summed E-state index contributed by atoms with van der Waals surface area (Å²) in [5.41, 5.74) is 1.92. The number of carbonyl (C=O) groups excluding carboxylic acids is 1. The minimum absolute atomic E-state index is 0.0637. The summed E-state index contributed by atoms with van der Waals surface area (Å²) in [7, 11) is -2.86. The molecule has 1 N–H and O–H groups in total. The van der Waals surface area contributed by atoms with Gasteiger partial charge in [0.1, 0.15) is 0 Å². The van der Waals surface area contributed by atoms with Gasteiger partial charge in [-0.25, -0.2) is 8.42 Å². The maximum Gasteiger partial charge on any atom is 0.234 e. The van der Waals surface area contributed by atoms with Crippen molar-refractivity contribution in [3.63, 3.8) is 0 Å². The molecular formula is C13H17NO3S2. The summed E-state index contributed by atoms with van der Waals surface area (Å²) in [6, 6.07) is 7.59. The van der Waals surface area contributed by atoms with Crippen molar-refractivity contribution in [3.8, 4) is 0 Å². The Morgan fingerprint density at radius 1 is 1.37 bits per heavy atom. The van der Waals surface area contributed by atoms with Crippen LogP contribution in [0.15, 0.2) is 24.3 Å². The topological polar surface area (TPSA) is 63.2 Å². The van der Waals surface area contributed by atoms with Gasteiger partial charge in [0, 0.05) is 10.9 Å². The molecule has 104 valence electrons. The van der Waals surface area contributed by atoms with E-state index in [1.54, 1.807) is 0 Å². The van der Waals surface area contributed by atoms with Gasteiger partial charge in [0.25, 0.3) is 0 Å². The smallest absolute Gasteiger partial charge is 0.234 e. The van der Waals surface area contributed by atoms with Gasteiger partial charge in [0.2, 0.25) is 5.91 Å². The maximum absolute atomic E-state index is 11.7. The molecule has 6 heteroatoms. The van der Waals surface area contributed by atoms with E-state index >= 15 is 0 Å². The molecule has 1 heterocycles. The van der Waals surface area contributed by atoms with Gasteiger partial charge < -0.3 is 5.32 Å².